The number of unbranched alkanes of at least 4 members (excludes halogenated alkanes) is 18. The molecule has 0 fully saturated rings. The fourth-order valence-corrected chi connectivity index (χ4v) is 3.81. The normalized spacial score (nSPS) is 9.67. The Labute approximate surface area is 298 Å². The van der Waals surface area contributed by atoms with E-state index >= 15 is 0 Å². The van der Waals surface area contributed by atoms with Gasteiger partial charge in [-0.2, -0.15) is 25.3 Å². The number of hydrogen-bond acceptors (Lipinski definition) is 6. The van der Waals surface area contributed by atoms with E-state index in [1.165, 1.54) is 116 Å². The number of esters is 2. The van der Waals surface area contributed by atoms with E-state index in [1.54, 1.807) is 0 Å². The molecule has 0 atom stereocenters. The summed E-state index contributed by atoms with van der Waals surface area (Å²) in [6.45, 7) is 14.1. The van der Waals surface area contributed by atoms with Crippen LogP contribution in [0, 0.1) is 0 Å². The van der Waals surface area contributed by atoms with Gasteiger partial charge in [0, 0.05) is 48.3 Å². The Morgan fingerprint density at radius 3 is 0.837 bits per heavy atom. The van der Waals surface area contributed by atoms with Crippen molar-refractivity contribution in [3.05, 3.63) is 0 Å². The van der Waals surface area contributed by atoms with Gasteiger partial charge in [0.05, 0.1) is 0 Å². The van der Waals surface area contributed by atoms with Crippen LogP contribution in [0.25, 0.3) is 0 Å². The predicted molar refractivity (Wildman–Crippen MR) is 200 cm³/mol. The van der Waals surface area contributed by atoms with Crippen LogP contribution in [0.15, 0.2) is 0 Å². The number of thiol groups is 2. The standard InChI is InChI=1S/2C14H28O2S.2C4H10.Sn/c2*1-2-3-4-5-6-7-8-9-10-11-14(15)16-12-13-17;2*1-3-4-2;/h2*17H,2-13H2,1H3;2*3-4H2,1-2H3;. The van der Waals surface area contributed by atoms with Crippen molar-refractivity contribution in [1.82, 2.24) is 0 Å². The molecule has 0 aromatic rings. The second kappa shape index (κ2) is 54.9. The van der Waals surface area contributed by atoms with Crippen molar-refractivity contribution in [1.29, 1.82) is 0 Å². The molecular formula is C36H76O4S2Sn. The van der Waals surface area contributed by atoms with Gasteiger partial charge in [0.1, 0.15) is 13.2 Å². The summed E-state index contributed by atoms with van der Waals surface area (Å²) in [6.07, 6.45) is 29.4. The van der Waals surface area contributed by atoms with Gasteiger partial charge in [-0.05, 0) is 12.8 Å². The molecule has 43 heavy (non-hydrogen) atoms. The summed E-state index contributed by atoms with van der Waals surface area (Å²) < 4.78 is 9.90. The zero-order valence-corrected chi connectivity index (χ0v) is 34.5. The molecule has 0 aromatic carbocycles. The number of carbonyl (C=O) groups excluding carboxylic acids is 2. The maximum atomic E-state index is 11.2. The van der Waals surface area contributed by atoms with E-state index in [2.05, 4.69) is 66.8 Å². The minimum Gasteiger partial charge on any atom is -0.465 e. The molecule has 0 unspecified atom stereocenters. The van der Waals surface area contributed by atoms with Gasteiger partial charge in [-0.1, -0.05) is 170 Å². The minimum atomic E-state index is -0.0676. The molecular weight excluding hydrogens is 679 g/mol. The Balaban J connectivity index is -0.000000175. The van der Waals surface area contributed by atoms with Crippen LogP contribution in [0.2, 0.25) is 0 Å². The quantitative estimate of drug-likeness (QED) is 0.0400. The predicted octanol–water partition coefficient (Wildman–Crippen LogP) is 12.0. The third-order valence-corrected chi connectivity index (χ3v) is 7.04. The summed E-state index contributed by atoms with van der Waals surface area (Å²) in [4.78, 5) is 22.3. The average molecular weight is 756 g/mol. The molecule has 0 heterocycles. The molecule has 0 spiro atoms. The second-order valence-corrected chi connectivity index (χ2v) is 11.9. The summed E-state index contributed by atoms with van der Waals surface area (Å²) in [5, 5.41) is 0. The van der Waals surface area contributed by atoms with E-state index in [-0.39, 0.29) is 35.8 Å². The molecule has 0 bridgehead atoms. The van der Waals surface area contributed by atoms with Gasteiger partial charge in [0.2, 0.25) is 0 Å². The van der Waals surface area contributed by atoms with E-state index in [0.29, 0.717) is 37.6 Å². The monoisotopic (exact) mass is 756 g/mol. The number of rotatable bonds is 26. The van der Waals surface area contributed by atoms with Crippen molar-refractivity contribution in [2.24, 2.45) is 0 Å². The van der Waals surface area contributed by atoms with E-state index in [9.17, 15) is 9.59 Å². The first-order valence-corrected chi connectivity index (χ1v) is 19.2. The van der Waals surface area contributed by atoms with Crippen molar-refractivity contribution in [2.45, 2.75) is 196 Å². The Hall–Kier alpha value is 0.439. The Kier molecular flexibility index (Phi) is 67.6. The molecule has 0 aliphatic carbocycles. The van der Waals surface area contributed by atoms with Crippen molar-refractivity contribution >= 4 is 61.1 Å². The average Bonchev–Trinajstić information content (AvgIpc) is 3.01. The first-order chi connectivity index (χ1) is 20.4. The van der Waals surface area contributed by atoms with Crippen LogP contribution in [0.5, 0.6) is 0 Å². The minimum absolute atomic E-state index is 0. The van der Waals surface area contributed by atoms with E-state index in [1.807, 2.05) is 0 Å². The first-order valence-electron chi connectivity index (χ1n) is 18.0. The van der Waals surface area contributed by atoms with Crippen LogP contribution in [0.4, 0.5) is 0 Å². The summed E-state index contributed by atoms with van der Waals surface area (Å²) in [5.41, 5.74) is 0. The molecule has 260 valence electrons. The first kappa shape index (κ1) is 52.9. The van der Waals surface area contributed by atoms with Gasteiger partial charge in [-0.15, -0.1) is 0 Å². The maximum absolute atomic E-state index is 11.2. The number of carbonyl (C=O) groups is 2. The topological polar surface area (TPSA) is 52.6 Å². The molecule has 0 saturated carbocycles. The molecule has 0 saturated heterocycles. The third kappa shape index (κ3) is 66.0. The van der Waals surface area contributed by atoms with Gasteiger partial charge in [0.25, 0.3) is 0 Å². The summed E-state index contributed by atoms with van der Waals surface area (Å²) >= 11 is 7.98. The Morgan fingerprint density at radius 1 is 0.395 bits per heavy atom. The van der Waals surface area contributed by atoms with Gasteiger partial charge in [0.15, 0.2) is 0 Å². The van der Waals surface area contributed by atoms with Crippen molar-refractivity contribution < 1.29 is 19.1 Å². The summed E-state index contributed by atoms with van der Waals surface area (Å²) in [6, 6.07) is 0. The van der Waals surface area contributed by atoms with E-state index in [0.717, 1.165) is 25.7 Å². The SMILES string of the molecule is CCCC.CCCC.CCCCCCCCCCCC(=O)OCCS.CCCCCCCCCCCC(=O)OCCS.[Sn]. The zero-order chi connectivity index (χ0) is 32.4. The van der Waals surface area contributed by atoms with Crippen LogP contribution < -0.4 is 0 Å². The molecule has 0 rings (SSSR count). The largest absolute Gasteiger partial charge is 0.465 e. The van der Waals surface area contributed by atoms with Crippen molar-refractivity contribution in [3.63, 3.8) is 0 Å². The molecule has 4 radical (unpaired) electrons. The van der Waals surface area contributed by atoms with Crippen molar-refractivity contribution in [3.8, 4) is 0 Å². The van der Waals surface area contributed by atoms with Gasteiger partial charge in [-0.3, -0.25) is 9.59 Å². The van der Waals surface area contributed by atoms with Crippen molar-refractivity contribution in [2.75, 3.05) is 24.7 Å². The van der Waals surface area contributed by atoms with Gasteiger partial charge in [-0.25, -0.2) is 0 Å². The summed E-state index contributed by atoms with van der Waals surface area (Å²) in [7, 11) is 0. The van der Waals surface area contributed by atoms with Gasteiger partial charge < -0.3 is 9.47 Å². The fourth-order valence-electron chi connectivity index (χ4n) is 3.62. The number of ether oxygens (including phenoxy) is 2. The van der Waals surface area contributed by atoms with Crippen LogP contribution in [-0.4, -0.2) is 60.6 Å². The third-order valence-electron chi connectivity index (χ3n) is 6.68. The smallest absolute Gasteiger partial charge is 0.305 e. The van der Waals surface area contributed by atoms with Crippen LogP contribution in [0.3, 0.4) is 0 Å². The molecule has 0 aliphatic heterocycles. The van der Waals surface area contributed by atoms with E-state index in [4.69, 9.17) is 9.47 Å². The van der Waals surface area contributed by atoms with Crippen LogP contribution >= 0.6 is 25.3 Å². The Morgan fingerprint density at radius 2 is 0.628 bits per heavy atom. The van der Waals surface area contributed by atoms with E-state index < -0.39 is 0 Å². The molecule has 0 aromatic heterocycles. The molecule has 0 aliphatic rings. The second-order valence-electron chi connectivity index (χ2n) is 11.0. The van der Waals surface area contributed by atoms with Crippen LogP contribution in [-0.2, 0) is 19.1 Å². The fraction of sp³-hybridized carbons (Fsp3) is 0.944. The molecule has 7 heteroatoms. The van der Waals surface area contributed by atoms with Crippen LogP contribution in [0.1, 0.15) is 196 Å². The summed E-state index contributed by atoms with van der Waals surface area (Å²) in [5.74, 6) is 1.09. The zero-order valence-electron chi connectivity index (χ0n) is 29.8. The molecule has 0 N–H and O–H groups in total. The number of hydrogen-bond donors (Lipinski definition) is 2. The van der Waals surface area contributed by atoms with Gasteiger partial charge >= 0.3 is 11.9 Å². The molecule has 0 amide bonds. The maximum Gasteiger partial charge on any atom is 0.305 e. The Bertz CT molecular complexity index is 436. The molecule has 4 nitrogen and oxygen atoms in total.